The summed E-state index contributed by atoms with van der Waals surface area (Å²) in [5.41, 5.74) is 0.570. The fourth-order valence-electron chi connectivity index (χ4n) is 3.40. The number of non-ortho nitro benzene ring substituents is 1. The van der Waals surface area contributed by atoms with E-state index in [0.29, 0.717) is 12.0 Å². The predicted molar refractivity (Wildman–Crippen MR) is 128 cm³/mol. The molecular weight excluding hydrogens is 414 g/mol. The van der Waals surface area contributed by atoms with Crippen molar-refractivity contribution in [3.63, 3.8) is 0 Å². The Morgan fingerprint density at radius 3 is 1.74 bits per heavy atom. The molecule has 0 heterocycles. The first-order chi connectivity index (χ1) is 14.9. The fraction of sp³-hybridized carbons (Fsp3) is 0.696. The number of benzene rings is 1. The third-order valence-corrected chi connectivity index (χ3v) is 6.49. The van der Waals surface area contributed by atoms with Crippen molar-refractivity contribution in [2.24, 2.45) is 5.10 Å². The molecule has 0 fully saturated rings. The van der Waals surface area contributed by atoms with Gasteiger partial charge in [-0.05, 0) is 24.1 Å². The highest BCUT2D eigenvalue weighted by Gasteiger charge is 2.08. The van der Waals surface area contributed by atoms with Crippen LogP contribution < -0.4 is 4.83 Å². The molecule has 31 heavy (non-hydrogen) atoms. The van der Waals surface area contributed by atoms with E-state index < -0.39 is 14.9 Å². The van der Waals surface area contributed by atoms with E-state index in [1.807, 2.05) is 0 Å². The van der Waals surface area contributed by atoms with Gasteiger partial charge in [0.15, 0.2) is 0 Å². The summed E-state index contributed by atoms with van der Waals surface area (Å²) in [4.78, 5) is 12.3. The van der Waals surface area contributed by atoms with E-state index in [2.05, 4.69) is 16.9 Å². The van der Waals surface area contributed by atoms with Crippen LogP contribution in [0.25, 0.3) is 0 Å². The van der Waals surface area contributed by atoms with Crippen molar-refractivity contribution < 1.29 is 13.3 Å². The number of nitro benzene ring substituents is 1. The summed E-state index contributed by atoms with van der Waals surface area (Å²) >= 11 is 0. The van der Waals surface area contributed by atoms with E-state index in [1.165, 1.54) is 101 Å². The zero-order valence-electron chi connectivity index (χ0n) is 18.9. The third kappa shape index (κ3) is 14.6. The summed E-state index contributed by atoms with van der Waals surface area (Å²) in [7, 11) is -3.45. The number of sulfonamides is 1. The van der Waals surface area contributed by atoms with Crippen LogP contribution in [0.4, 0.5) is 5.69 Å². The maximum absolute atomic E-state index is 12.0. The zero-order valence-corrected chi connectivity index (χ0v) is 19.7. The minimum atomic E-state index is -3.45. The van der Waals surface area contributed by atoms with Gasteiger partial charge in [-0.25, -0.2) is 13.2 Å². The normalized spacial score (nSPS) is 11.8. The van der Waals surface area contributed by atoms with Crippen LogP contribution in [0.3, 0.4) is 0 Å². The molecule has 0 saturated heterocycles. The molecule has 8 heteroatoms. The van der Waals surface area contributed by atoms with E-state index >= 15 is 0 Å². The lowest BCUT2D eigenvalue weighted by molar-refractivity contribution is -0.384. The van der Waals surface area contributed by atoms with Gasteiger partial charge in [-0.1, -0.05) is 90.4 Å². The summed E-state index contributed by atoms with van der Waals surface area (Å²) in [6.07, 6.45) is 18.5. The quantitative estimate of drug-likeness (QED) is 0.114. The van der Waals surface area contributed by atoms with E-state index in [0.717, 1.165) is 12.8 Å². The van der Waals surface area contributed by atoms with Crippen LogP contribution >= 0.6 is 0 Å². The van der Waals surface area contributed by atoms with Crippen LogP contribution in [0, 0.1) is 10.1 Å². The molecular formula is C23H39N3O4S. The average molecular weight is 454 g/mol. The largest absolute Gasteiger partial charge is 0.269 e. The number of unbranched alkanes of at least 4 members (excludes halogenated alkanes) is 13. The molecule has 1 N–H and O–H groups in total. The van der Waals surface area contributed by atoms with Gasteiger partial charge < -0.3 is 0 Å². The minimum absolute atomic E-state index is 0.0180. The van der Waals surface area contributed by atoms with Crippen molar-refractivity contribution in [1.29, 1.82) is 0 Å². The van der Waals surface area contributed by atoms with Crippen molar-refractivity contribution in [3.8, 4) is 0 Å². The maximum Gasteiger partial charge on any atom is 0.269 e. The first-order valence-corrected chi connectivity index (χ1v) is 13.4. The highest BCUT2D eigenvalue weighted by Crippen LogP contribution is 2.13. The summed E-state index contributed by atoms with van der Waals surface area (Å²) < 4.78 is 23.9. The Morgan fingerprint density at radius 1 is 0.839 bits per heavy atom. The molecule has 0 aliphatic rings. The van der Waals surface area contributed by atoms with Crippen LogP contribution in [0.2, 0.25) is 0 Å². The molecule has 0 radical (unpaired) electrons. The van der Waals surface area contributed by atoms with Gasteiger partial charge in [-0.3, -0.25) is 10.1 Å². The highest BCUT2D eigenvalue weighted by atomic mass is 32.2. The van der Waals surface area contributed by atoms with Crippen LogP contribution in [-0.4, -0.2) is 25.3 Å². The van der Waals surface area contributed by atoms with Crippen molar-refractivity contribution in [1.82, 2.24) is 4.83 Å². The van der Waals surface area contributed by atoms with Crippen molar-refractivity contribution in [2.45, 2.75) is 96.8 Å². The van der Waals surface area contributed by atoms with Crippen LogP contribution in [0.5, 0.6) is 0 Å². The van der Waals surface area contributed by atoms with E-state index in [4.69, 9.17) is 0 Å². The molecule has 0 spiro atoms. The number of hydrogen-bond acceptors (Lipinski definition) is 5. The van der Waals surface area contributed by atoms with Crippen LogP contribution in [0.15, 0.2) is 29.4 Å². The lowest BCUT2D eigenvalue weighted by atomic mass is 10.0. The molecule has 1 aromatic carbocycles. The molecule has 0 atom stereocenters. The van der Waals surface area contributed by atoms with E-state index in [1.54, 1.807) is 0 Å². The van der Waals surface area contributed by atoms with Gasteiger partial charge in [-0.2, -0.15) is 5.10 Å². The lowest BCUT2D eigenvalue weighted by Gasteiger charge is -2.04. The van der Waals surface area contributed by atoms with Crippen molar-refractivity contribution in [3.05, 3.63) is 39.9 Å². The Balaban J connectivity index is 2.01. The van der Waals surface area contributed by atoms with Gasteiger partial charge in [0, 0.05) is 12.1 Å². The van der Waals surface area contributed by atoms with Gasteiger partial charge in [0.2, 0.25) is 10.0 Å². The zero-order chi connectivity index (χ0) is 22.8. The Bertz CT molecular complexity index is 734. The number of nitro groups is 1. The standard InChI is InChI=1S/C23H39N3O4S/c1-2-3-4-5-6-7-8-9-10-11-12-13-14-15-20-31(29,30)25-24-21-22-16-18-23(19-17-22)26(27)28/h16-19,21,25H,2-15,20H2,1H3. The van der Waals surface area contributed by atoms with Crippen molar-refractivity contribution in [2.75, 3.05) is 5.75 Å². The van der Waals surface area contributed by atoms with E-state index in [9.17, 15) is 18.5 Å². The fourth-order valence-corrected chi connectivity index (χ4v) is 4.28. The number of rotatable bonds is 19. The second kappa shape index (κ2) is 16.7. The van der Waals surface area contributed by atoms with Gasteiger partial charge in [0.1, 0.15) is 0 Å². The number of nitrogens with zero attached hydrogens (tertiary/aromatic N) is 2. The molecule has 0 bridgehead atoms. The Hall–Kier alpha value is -1.96. The topological polar surface area (TPSA) is 102 Å². The Kier molecular flexibility index (Phi) is 14.6. The molecule has 1 rings (SSSR count). The van der Waals surface area contributed by atoms with Gasteiger partial charge in [0.25, 0.3) is 5.69 Å². The smallest absolute Gasteiger partial charge is 0.258 e. The van der Waals surface area contributed by atoms with Gasteiger partial charge in [-0.15, -0.1) is 0 Å². The summed E-state index contributed by atoms with van der Waals surface area (Å²) in [5.74, 6) is 0.0582. The van der Waals surface area contributed by atoms with Crippen molar-refractivity contribution >= 4 is 21.9 Å². The molecule has 0 aromatic heterocycles. The molecule has 176 valence electrons. The molecule has 0 aliphatic heterocycles. The van der Waals surface area contributed by atoms with Crippen LogP contribution in [0.1, 0.15) is 102 Å². The minimum Gasteiger partial charge on any atom is -0.258 e. The predicted octanol–water partition coefficient (Wildman–Crippen LogP) is 6.33. The summed E-state index contributed by atoms with van der Waals surface area (Å²) in [6.45, 7) is 2.25. The molecule has 7 nitrogen and oxygen atoms in total. The molecule has 0 saturated carbocycles. The third-order valence-electron chi connectivity index (χ3n) is 5.28. The van der Waals surface area contributed by atoms with Gasteiger partial charge >= 0.3 is 0 Å². The molecule has 0 aliphatic carbocycles. The maximum atomic E-state index is 12.0. The van der Waals surface area contributed by atoms with E-state index in [-0.39, 0.29) is 11.4 Å². The van der Waals surface area contributed by atoms with Crippen LogP contribution in [-0.2, 0) is 10.0 Å². The second-order valence-electron chi connectivity index (χ2n) is 8.11. The molecule has 1 aromatic rings. The molecule has 0 unspecified atom stereocenters. The Morgan fingerprint density at radius 2 is 1.29 bits per heavy atom. The number of hydrogen-bond donors (Lipinski definition) is 1. The summed E-state index contributed by atoms with van der Waals surface area (Å²) in [5, 5.41) is 14.4. The average Bonchev–Trinajstić information content (AvgIpc) is 2.74. The monoisotopic (exact) mass is 453 g/mol. The summed E-state index contributed by atoms with van der Waals surface area (Å²) in [6, 6.07) is 5.74. The lowest BCUT2D eigenvalue weighted by Crippen LogP contribution is -2.21. The number of nitrogens with one attached hydrogen (secondary N) is 1. The SMILES string of the molecule is CCCCCCCCCCCCCCCCS(=O)(=O)NN=Cc1ccc([N+](=O)[O-])cc1. The van der Waals surface area contributed by atoms with Gasteiger partial charge in [0.05, 0.1) is 16.9 Å². The highest BCUT2D eigenvalue weighted by molar-refractivity contribution is 7.89. The number of hydrazone groups is 1. The first-order valence-electron chi connectivity index (χ1n) is 11.7. The second-order valence-corrected chi connectivity index (χ2v) is 9.93. The molecule has 0 amide bonds. The Labute approximate surface area is 187 Å². The first kappa shape index (κ1) is 27.1.